The summed E-state index contributed by atoms with van der Waals surface area (Å²) in [5, 5.41) is 2.31. The van der Waals surface area contributed by atoms with Crippen molar-refractivity contribution in [3.05, 3.63) is 11.3 Å². The second-order valence-electron chi connectivity index (χ2n) is 7.28. The minimum Gasteiger partial charge on any atom is -0.464 e. The standard InChI is InChI=1S/C18H32N2O6/c1-12(2)20(13(3)4)17(23)25-9-14(10-26-18(5,6)7)15(19-11-21)16(22)24-8/h11-13H,9-10H2,1-8H3,(H,19,21)/b15-14-. The van der Waals surface area contributed by atoms with Gasteiger partial charge in [0.1, 0.15) is 12.3 Å². The van der Waals surface area contributed by atoms with Crippen molar-refractivity contribution in [3.63, 3.8) is 0 Å². The van der Waals surface area contributed by atoms with Gasteiger partial charge in [0, 0.05) is 17.7 Å². The number of hydrogen-bond donors (Lipinski definition) is 1. The second kappa shape index (κ2) is 10.8. The molecule has 0 saturated heterocycles. The maximum Gasteiger partial charge on any atom is 0.410 e. The van der Waals surface area contributed by atoms with Gasteiger partial charge in [-0.15, -0.1) is 0 Å². The van der Waals surface area contributed by atoms with Crippen molar-refractivity contribution in [1.29, 1.82) is 0 Å². The summed E-state index contributed by atoms with van der Waals surface area (Å²) in [6.45, 7) is 12.9. The predicted octanol–water partition coefficient (Wildman–Crippen LogP) is 2.23. The van der Waals surface area contributed by atoms with E-state index in [1.165, 1.54) is 7.11 Å². The number of ether oxygens (including phenoxy) is 3. The Hall–Kier alpha value is -2.09. The normalized spacial score (nSPS) is 12.5. The molecule has 0 aromatic carbocycles. The van der Waals surface area contributed by atoms with E-state index < -0.39 is 17.7 Å². The van der Waals surface area contributed by atoms with Crippen molar-refractivity contribution in [3.8, 4) is 0 Å². The Bertz CT molecular complexity index is 512. The highest BCUT2D eigenvalue weighted by atomic mass is 16.6. The molecule has 0 aromatic heterocycles. The topological polar surface area (TPSA) is 94.2 Å². The van der Waals surface area contributed by atoms with E-state index in [4.69, 9.17) is 9.47 Å². The number of nitrogens with one attached hydrogen (secondary N) is 1. The van der Waals surface area contributed by atoms with Gasteiger partial charge in [-0.25, -0.2) is 9.59 Å². The molecule has 0 aliphatic rings. The molecule has 2 amide bonds. The van der Waals surface area contributed by atoms with E-state index >= 15 is 0 Å². The largest absolute Gasteiger partial charge is 0.464 e. The summed E-state index contributed by atoms with van der Waals surface area (Å²) >= 11 is 0. The van der Waals surface area contributed by atoms with Gasteiger partial charge in [-0.3, -0.25) is 4.79 Å². The first-order valence-electron chi connectivity index (χ1n) is 8.54. The van der Waals surface area contributed by atoms with E-state index in [0.717, 1.165) is 0 Å². The summed E-state index contributed by atoms with van der Waals surface area (Å²) in [5.74, 6) is -0.745. The van der Waals surface area contributed by atoms with Crippen LogP contribution in [-0.2, 0) is 23.8 Å². The Morgan fingerprint density at radius 3 is 2.00 bits per heavy atom. The molecule has 8 heteroatoms. The van der Waals surface area contributed by atoms with E-state index in [2.05, 4.69) is 10.1 Å². The van der Waals surface area contributed by atoms with Gasteiger partial charge in [0.15, 0.2) is 0 Å². The molecule has 0 aliphatic heterocycles. The van der Waals surface area contributed by atoms with Crippen LogP contribution in [-0.4, -0.2) is 61.4 Å². The molecule has 0 heterocycles. The number of methoxy groups -OCH3 is 1. The molecular weight excluding hydrogens is 340 g/mol. The Labute approximate surface area is 155 Å². The smallest absolute Gasteiger partial charge is 0.410 e. The van der Waals surface area contributed by atoms with Gasteiger partial charge in [0.25, 0.3) is 0 Å². The molecule has 0 radical (unpaired) electrons. The number of hydrogen-bond acceptors (Lipinski definition) is 6. The van der Waals surface area contributed by atoms with Crippen LogP contribution in [0.1, 0.15) is 48.5 Å². The quantitative estimate of drug-likeness (QED) is 0.379. The Morgan fingerprint density at radius 1 is 1.08 bits per heavy atom. The summed E-state index contributed by atoms with van der Waals surface area (Å²) in [4.78, 5) is 36.8. The van der Waals surface area contributed by atoms with Crippen molar-refractivity contribution < 1.29 is 28.6 Å². The molecule has 0 aliphatic carbocycles. The summed E-state index contributed by atoms with van der Waals surface area (Å²) in [6.07, 6.45) is -0.154. The van der Waals surface area contributed by atoms with Crippen LogP contribution in [0.3, 0.4) is 0 Å². The minimum atomic E-state index is -0.745. The van der Waals surface area contributed by atoms with Gasteiger partial charge in [0.2, 0.25) is 6.41 Å². The lowest BCUT2D eigenvalue weighted by atomic mass is 10.1. The first-order chi connectivity index (χ1) is 11.9. The highest BCUT2D eigenvalue weighted by molar-refractivity contribution is 5.91. The van der Waals surface area contributed by atoms with E-state index in [1.54, 1.807) is 4.90 Å². The molecular formula is C18H32N2O6. The van der Waals surface area contributed by atoms with Crippen molar-refractivity contribution >= 4 is 18.5 Å². The van der Waals surface area contributed by atoms with Crippen LogP contribution in [0, 0.1) is 0 Å². The molecule has 150 valence electrons. The zero-order valence-corrected chi connectivity index (χ0v) is 17.0. The number of nitrogens with zero attached hydrogens (tertiary/aromatic N) is 1. The number of amides is 2. The fourth-order valence-electron chi connectivity index (χ4n) is 2.20. The van der Waals surface area contributed by atoms with Crippen molar-refractivity contribution in [2.75, 3.05) is 20.3 Å². The maximum absolute atomic E-state index is 12.4. The van der Waals surface area contributed by atoms with Gasteiger partial charge in [-0.2, -0.15) is 0 Å². The van der Waals surface area contributed by atoms with Crippen LogP contribution < -0.4 is 5.32 Å². The van der Waals surface area contributed by atoms with Crippen LogP contribution in [0.15, 0.2) is 11.3 Å². The number of carbonyl (C=O) groups is 3. The highest BCUT2D eigenvalue weighted by Crippen LogP contribution is 2.14. The van der Waals surface area contributed by atoms with Gasteiger partial charge in [-0.1, -0.05) is 0 Å². The van der Waals surface area contributed by atoms with E-state index in [-0.39, 0.29) is 31.0 Å². The summed E-state index contributed by atoms with van der Waals surface area (Å²) in [5.41, 5.74) is -0.278. The third kappa shape index (κ3) is 8.33. The summed E-state index contributed by atoms with van der Waals surface area (Å²) in [7, 11) is 1.20. The Balaban J connectivity index is 5.49. The van der Waals surface area contributed by atoms with Crippen molar-refractivity contribution in [2.45, 2.75) is 66.2 Å². The van der Waals surface area contributed by atoms with Crippen LogP contribution in [0.4, 0.5) is 4.79 Å². The molecule has 0 bridgehead atoms. The molecule has 0 aromatic rings. The molecule has 0 saturated carbocycles. The van der Waals surface area contributed by atoms with Crippen molar-refractivity contribution in [2.24, 2.45) is 0 Å². The molecule has 0 fully saturated rings. The first-order valence-corrected chi connectivity index (χ1v) is 8.54. The molecule has 26 heavy (non-hydrogen) atoms. The number of carbonyl (C=O) groups excluding carboxylic acids is 3. The van der Waals surface area contributed by atoms with Gasteiger partial charge < -0.3 is 24.4 Å². The highest BCUT2D eigenvalue weighted by Gasteiger charge is 2.24. The Kier molecular flexibility index (Phi) is 9.93. The summed E-state index contributed by atoms with van der Waals surface area (Å²) in [6, 6.07) is -0.0946. The average Bonchev–Trinajstić information content (AvgIpc) is 2.50. The van der Waals surface area contributed by atoms with Crippen LogP contribution in [0.2, 0.25) is 0 Å². The SMILES string of the molecule is COC(=O)/C(NC=O)=C(\COC(=O)N(C(C)C)C(C)C)COC(C)(C)C. The zero-order chi connectivity index (χ0) is 20.5. The third-order valence-corrected chi connectivity index (χ3v) is 3.32. The van der Waals surface area contributed by atoms with Crippen LogP contribution >= 0.6 is 0 Å². The predicted molar refractivity (Wildman–Crippen MR) is 97.4 cm³/mol. The molecule has 1 N–H and O–H groups in total. The molecule has 0 atom stereocenters. The average molecular weight is 372 g/mol. The fourth-order valence-corrected chi connectivity index (χ4v) is 2.20. The van der Waals surface area contributed by atoms with E-state index in [1.807, 2.05) is 48.5 Å². The number of esters is 1. The van der Waals surface area contributed by atoms with Crippen molar-refractivity contribution in [1.82, 2.24) is 10.2 Å². The van der Waals surface area contributed by atoms with Gasteiger partial charge >= 0.3 is 12.1 Å². The third-order valence-electron chi connectivity index (χ3n) is 3.32. The lowest BCUT2D eigenvalue weighted by molar-refractivity contribution is -0.137. The van der Waals surface area contributed by atoms with E-state index in [0.29, 0.717) is 12.0 Å². The number of rotatable bonds is 9. The van der Waals surface area contributed by atoms with Crippen LogP contribution in [0.25, 0.3) is 0 Å². The maximum atomic E-state index is 12.4. The molecule has 8 nitrogen and oxygen atoms in total. The molecule has 0 rings (SSSR count). The first kappa shape index (κ1) is 23.9. The van der Waals surface area contributed by atoms with E-state index in [9.17, 15) is 14.4 Å². The van der Waals surface area contributed by atoms with Crippen LogP contribution in [0.5, 0.6) is 0 Å². The lowest BCUT2D eigenvalue weighted by Crippen LogP contribution is -2.42. The monoisotopic (exact) mass is 372 g/mol. The summed E-state index contributed by atoms with van der Waals surface area (Å²) < 4.78 is 15.7. The second-order valence-corrected chi connectivity index (χ2v) is 7.28. The van der Waals surface area contributed by atoms with Gasteiger partial charge in [-0.05, 0) is 48.5 Å². The fraction of sp³-hybridized carbons (Fsp3) is 0.722. The molecule has 0 spiro atoms. The zero-order valence-electron chi connectivity index (χ0n) is 17.0. The molecule has 0 unspecified atom stereocenters. The lowest BCUT2D eigenvalue weighted by Gasteiger charge is -2.30. The minimum absolute atomic E-state index is 0.00852. The Morgan fingerprint density at radius 2 is 1.62 bits per heavy atom. The van der Waals surface area contributed by atoms with Gasteiger partial charge in [0.05, 0.1) is 19.3 Å².